The number of halogens is 3. The van der Waals surface area contributed by atoms with E-state index in [1.54, 1.807) is 5.94 Å². The van der Waals surface area contributed by atoms with Crippen LogP contribution in [0.5, 0.6) is 0 Å². The molecular weight excluding hydrogens is 379 g/mol. The molecule has 0 aliphatic heterocycles. The maximum atomic E-state index is 13.1. The molecule has 2 unspecified atom stereocenters. The molecule has 0 spiro atoms. The van der Waals surface area contributed by atoms with Crippen molar-refractivity contribution in [2.75, 3.05) is 20.3 Å². The Hall–Kier alpha value is -2.48. The number of ketones is 1. The number of allylic oxidation sites excluding steroid dienone is 3. The molecular formula is C19H18F3NO5. The van der Waals surface area contributed by atoms with Gasteiger partial charge in [0.25, 0.3) is 0 Å². The van der Waals surface area contributed by atoms with Crippen LogP contribution in [0.3, 0.4) is 0 Å². The highest BCUT2D eigenvalue weighted by Crippen LogP contribution is 2.47. The molecule has 6 nitrogen and oxygen atoms in total. The molecule has 2 bridgehead atoms. The molecule has 9 heteroatoms. The highest BCUT2D eigenvalue weighted by atomic mass is 19.4. The van der Waals surface area contributed by atoms with Crippen molar-refractivity contribution in [2.45, 2.75) is 25.6 Å². The van der Waals surface area contributed by atoms with E-state index in [9.17, 15) is 27.9 Å². The van der Waals surface area contributed by atoms with E-state index in [4.69, 9.17) is 9.47 Å². The molecule has 2 aliphatic carbocycles. The Kier molecular flexibility index (Phi) is 5.69. The van der Waals surface area contributed by atoms with Gasteiger partial charge in [-0.3, -0.25) is 4.79 Å². The van der Waals surface area contributed by atoms with Crippen LogP contribution >= 0.6 is 0 Å². The minimum absolute atomic E-state index is 0.0785. The van der Waals surface area contributed by atoms with Crippen molar-refractivity contribution in [3.05, 3.63) is 40.4 Å². The van der Waals surface area contributed by atoms with Crippen LogP contribution in [0.15, 0.2) is 23.5 Å². The lowest BCUT2D eigenvalue weighted by molar-refractivity contribution is -0.141. The molecule has 1 aromatic heterocycles. The summed E-state index contributed by atoms with van der Waals surface area (Å²) in [5, 5.41) is 10.6. The van der Waals surface area contributed by atoms with Crippen LogP contribution in [0.1, 0.15) is 29.8 Å². The second kappa shape index (κ2) is 7.87. The van der Waals surface area contributed by atoms with Gasteiger partial charge in [-0.2, -0.15) is 13.2 Å². The number of fused-ring (bicyclic) bond motifs is 2. The Morgan fingerprint density at radius 3 is 2.71 bits per heavy atom. The number of alkyl halides is 3. The van der Waals surface area contributed by atoms with Gasteiger partial charge in [-0.15, -0.1) is 0 Å². The lowest BCUT2D eigenvalue weighted by atomic mass is 9.82. The second-order valence-electron chi connectivity index (χ2n) is 6.68. The quantitative estimate of drug-likeness (QED) is 0.587. The van der Waals surface area contributed by atoms with Crippen molar-refractivity contribution in [1.82, 2.24) is 4.98 Å². The third-order valence-corrected chi connectivity index (χ3v) is 4.95. The fourth-order valence-corrected chi connectivity index (χ4v) is 3.59. The predicted octanol–water partition coefficient (Wildman–Crippen LogP) is 2.90. The number of carbonyl (C=O) groups is 1. The molecule has 150 valence electrons. The number of pyridine rings is 1. The summed E-state index contributed by atoms with van der Waals surface area (Å²) in [6.45, 7) is 0.0628. The highest BCUT2D eigenvalue weighted by Gasteiger charge is 2.45. The van der Waals surface area contributed by atoms with E-state index in [2.05, 4.69) is 4.98 Å². The van der Waals surface area contributed by atoms with Crippen molar-refractivity contribution in [1.29, 1.82) is 0 Å². The lowest BCUT2D eigenvalue weighted by Gasteiger charge is -2.23. The molecule has 2 aliphatic rings. The van der Waals surface area contributed by atoms with Crippen LogP contribution in [0, 0.1) is 11.8 Å². The van der Waals surface area contributed by atoms with Crippen LogP contribution < -0.4 is 0 Å². The molecule has 0 aromatic carbocycles. The van der Waals surface area contributed by atoms with Gasteiger partial charge in [-0.05, 0) is 18.9 Å². The first kappa shape index (κ1) is 20.3. The van der Waals surface area contributed by atoms with Crippen molar-refractivity contribution in [3.8, 4) is 0 Å². The summed E-state index contributed by atoms with van der Waals surface area (Å²) in [5.74, 6) is -0.127. The Morgan fingerprint density at radius 1 is 1.32 bits per heavy atom. The number of nitrogens with zero attached hydrogens (tertiary/aromatic N) is 1. The van der Waals surface area contributed by atoms with Crippen LogP contribution in [0.4, 0.5) is 13.2 Å². The number of rotatable bonds is 6. The normalized spacial score (nSPS) is 22.0. The summed E-state index contributed by atoms with van der Waals surface area (Å²) < 4.78 is 49.3. The maximum Gasteiger partial charge on any atom is 0.433 e. The van der Waals surface area contributed by atoms with Crippen molar-refractivity contribution < 1.29 is 37.3 Å². The van der Waals surface area contributed by atoms with E-state index in [1.807, 2.05) is 0 Å². The molecule has 1 N–H and O–H groups in total. The van der Waals surface area contributed by atoms with Crippen molar-refractivity contribution >= 4 is 17.3 Å². The van der Waals surface area contributed by atoms with Gasteiger partial charge in [-0.1, -0.05) is 6.07 Å². The first-order chi connectivity index (χ1) is 13.3. The summed E-state index contributed by atoms with van der Waals surface area (Å²) in [5.41, 5.74) is -0.984. The highest BCUT2D eigenvalue weighted by molar-refractivity contribution is 6.25. The first-order valence-electron chi connectivity index (χ1n) is 8.63. The zero-order valence-electron chi connectivity index (χ0n) is 15.0. The molecule has 1 saturated carbocycles. The van der Waals surface area contributed by atoms with E-state index in [-0.39, 0.29) is 54.4 Å². The number of carbonyl (C=O) groups excluding carboxylic acids is 2. The van der Waals surface area contributed by atoms with Gasteiger partial charge in [0.2, 0.25) is 0 Å². The van der Waals surface area contributed by atoms with E-state index < -0.39 is 29.5 Å². The molecule has 0 saturated heterocycles. The minimum Gasteiger partial charge on any atom is -0.511 e. The summed E-state index contributed by atoms with van der Waals surface area (Å²) >= 11 is 0. The van der Waals surface area contributed by atoms with E-state index in [0.29, 0.717) is 6.42 Å². The van der Waals surface area contributed by atoms with Gasteiger partial charge in [0, 0.05) is 24.2 Å². The minimum atomic E-state index is -4.67. The number of hydrogen-bond acceptors (Lipinski definition) is 6. The maximum absolute atomic E-state index is 13.1. The summed E-state index contributed by atoms with van der Waals surface area (Å²) in [6, 6.07) is 1.87. The van der Waals surface area contributed by atoms with Crippen molar-refractivity contribution in [2.24, 2.45) is 11.8 Å². The fourth-order valence-electron chi connectivity index (χ4n) is 3.59. The van der Waals surface area contributed by atoms with Gasteiger partial charge < -0.3 is 14.6 Å². The van der Waals surface area contributed by atoms with Gasteiger partial charge in [0.1, 0.15) is 17.4 Å². The molecule has 3 rings (SSSR count). The number of methoxy groups -OCH3 is 1. The van der Waals surface area contributed by atoms with Gasteiger partial charge >= 0.3 is 6.18 Å². The van der Waals surface area contributed by atoms with E-state index in [0.717, 1.165) is 12.1 Å². The average molecular weight is 397 g/mol. The molecule has 1 heterocycles. The number of aliphatic hydroxyl groups excluding tert-OH is 1. The number of ether oxygens (including phenoxy) is 2. The summed E-state index contributed by atoms with van der Waals surface area (Å²) in [7, 11) is 1.45. The zero-order valence-corrected chi connectivity index (χ0v) is 15.0. The predicted molar refractivity (Wildman–Crippen MR) is 90.7 cm³/mol. The number of aromatic nitrogens is 1. The molecule has 2 atom stereocenters. The summed E-state index contributed by atoms with van der Waals surface area (Å²) in [6.07, 6.45) is -4.16. The lowest BCUT2D eigenvalue weighted by Crippen LogP contribution is -2.23. The molecule has 1 aromatic rings. The third kappa shape index (κ3) is 3.73. The third-order valence-electron chi connectivity index (χ3n) is 4.95. The van der Waals surface area contributed by atoms with Crippen molar-refractivity contribution in [3.63, 3.8) is 0 Å². The topological polar surface area (TPSA) is 85.7 Å². The molecule has 28 heavy (non-hydrogen) atoms. The number of Topliss-reactive ketones (excluding diaryl/α,β-unsaturated/α-hetero) is 1. The zero-order chi connectivity index (χ0) is 20.5. The van der Waals surface area contributed by atoms with Crippen LogP contribution in [0.25, 0.3) is 5.57 Å². The molecule has 0 radical (unpaired) electrons. The van der Waals surface area contributed by atoms with E-state index in [1.165, 1.54) is 7.11 Å². The fraction of sp³-hybridized carbons (Fsp3) is 0.474. The standard InChI is InChI=1S/C19H18F3NO5/c1-27-4-5-28-9-14-12(2-3-15(23-14)19(20,21)22)16-17(25)10-6-11(8-24)13(7-10)18(16)26/h2-3,10,13,25H,4-7,9H2,1H3. The van der Waals surface area contributed by atoms with Crippen LogP contribution in [0.2, 0.25) is 0 Å². The smallest absolute Gasteiger partial charge is 0.433 e. The number of aliphatic hydroxyl groups is 1. The SMILES string of the molecule is COCCOCc1nc(C(F)(F)F)ccc1C1=C(O)C2CC(=C=O)C(C2)C1=O. The van der Waals surface area contributed by atoms with Crippen LogP contribution in [-0.4, -0.2) is 42.1 Å². The summed E-state index contributed by atoms with van der Waals surface area (Å²) in [4.78, 5) is 27.6. The first-order valence-corrected chi connectivity index (χ1v) is 8.63. The monoisotopic (exact) mass is 397 g/mol. The largest absolute Gasteiger partial charge is 0.511 e. The van der Waals surface area contributed by atoms with Gasteiger partial charge in [-0.25, -0.2) is 9.78 Å². The van der Waals surface area contributed by atoms with Gasteiger partial charge in [0.05, 0.1) is 37.0 Å². The Balaban J connectivity index is 2.03. The molecule has 1 fully saturated rings. The molecule has 0 amide bonds. The van der Waals surface area contributed by atoms with Gasteiger partial charge in [0.15, 0.2) is 5.78 Å². The number of hydrogen-bond donors (Lipinski definition) is 1. The Bertz CT molecular complexity index is 871. The van der Waals surface area contributed by atoms with Crippen LogP contribution in [-0.2, 0) is 31.8 Å². The Morgan fingerprint density at radius 2 is 2.07 bits per heavy atom. The average Bonchev–Trinajstić information content (AvgIpc) is 3.05. The second-order valence-corrected chi connectivity index (χ2v) is 6.68. The Labute approximate surface area is 158 Å². The van der Waals surface area contributed by atoms with E-state index >= 15 is 0 Å².